The molecule has 11 heavy (non-hydrogen) atoms. The first kappa shape index (κ1) is 7.82. The number of aromatic hydroxyl groups is 1. The molecule has 3 N–H and O–H groups in total. The van der Waals surface area contributed by atoms with Gasteiger partial charge in [-0.2, -0.15) is 0 Å². The Morgan fingerprint density at radius 2 is 2.27 bits per heavy atom. The van der Waals surface area contributed by atoms with Crippen molar-refractivity contribution in [1.82, 2.24) is 0 Å². The summed E-state index contributed by atoms with van der Waals surface area (Å²) < 4.78 is 0. The van der Waals surface area contributed by atoms with Gasteiger partial charge >= 0.3 is 0 Å². The van der Waals surface area contributed by atoms with E-state index in [1.54, 1.807) is 18.2 Å². The Balaban J connectivity index is 2.79. The second kappa shape index (κ2) is 3.78. The smallest absolute Gasteiger partial charge is 0.116 e. The predicted molar refractivity (Wildman–Crippen MR) is 46.2 cm³/mol. The summed E-state index contributed by atoms with van der Waals surface area (Å²) in [6.45, 7) is 0.523. The third-order valence-electron chi connectivity index (χ3n) is 1.32. The van der Waals surface area contributed by atoms with E-state index in [0.717, 1.165) is 5.56 Å². The van der Waals surface area contributed by atoms with Gasteiger partial charge in [0.2, 0.25) is 0 Å². The van der Waals surface area contributed by atoms with Gasteiger partial charge < -0.3 is 10.8 Å². The van der Waals surface area contributed by atoms with Crippen LogP contribution in [0, 0.1) is 0 Å². The molecule has 0 aliphatic heterocycles. The quantitative estimate of drug-likeness (QED) is 0.667. The lowest BCUT2D eigenvalue weighted by Gasteiger charge is -1.93. The molecule has 0 unspecified atom stereocenters. The first-order valence-corrected chi connectivity index (χ1v) is 3.48. The lowest BCUT2D eigenvalue weighted by molar-refractivity contribution is 0.475. The predicted octanol–water partition coefficient (Wildman–Crippen LogP) is 1.36. The number of phenols is 1. The standard InChI is InChI=1S/C9H11NO/c10-6-2-4-8-3-1-5-9(11)7-8/h1-5,7,11H,6,10H2. The summed E-state index contributed by atoms with van der Waals surface area (Å²) in [4.78, 5) is 0. The number of benzene rings is 1. The van der Waals surface area contributed by atoms with Crippen LogP contribution in [0.4, 0.5) is 0 Å². The molecule has 0 saturated carbocycles. The Hall–Kier alpha value is -1.28. The fraction of sp³-hybridized carbons (Fsp3) is 0.111. The molecule has 0 aliphatic carbocycles. The summed E-state index contributed by atoms with van der Waals surface area (Å²) in [5.74, 6) is 0.282. The van der Waals surface area contributed by atoms with Gasteiger partial charge in [0.05, 0.1) is 0 Å². The van der Waals surface area contributed by atoms with Gasteiger partial charge in [0.1, 0.15) is 5.75 Å². The van der Waals surface area contributed by atoms with Crippen molar-refractivity contribution in [1.29, 1.82) is 0 Å². The highest BCUT2D eigenvalue weighted by Crippen LogP contribution is 2.11. The zero-order valence-electron chi connectivity index (χ0n) is 6.20. The molecule has 0 spiro atoms. The third kappa shape index (κ3) is 2.43. The molecule has 58 valence electrons. The average molecular weight is 149 g/mol. The molecule has 0 heterocycles. The van der Waals surface area contributed by atoms with Gasteiger partial charge in [-0.25, -0.2) is 0 Å². The summed E-state index contributed by atoms with van der Waals surface area (Å²) in [6.07, 6.45) is 3.72. The van der Waals surface area contributed by atoms with Gasteiger partial charge in [0.15, 0.2) is 0 Å². The van der Waals surface area contributed by atoms with E-state index in [9.17, 15) is 0 Å². The third-order valence-corrected chi connectivity index (χ3v) is 1.32. The molecule has 1 aromatic rings. The lowest BCUT2D eigenvalue weighted by atomic mass is 10.2. The molecule has 0 bridgehead atoms. The molecule has 0 aromatic heterocycles. The Morgan fingerprint density at radius 1 is 1.45 bits per heavy atom. The number of nitrogens with two attached hydrogens (primary N) is 1. The van der Waals surface area contributed by atoms with Gasteiger partial charge in [0, 0.05) is 6.54 Å². The molecule has 0 fully saturated rings. The highest BCUT2D eigenvalue weighted by Gasteiger charge is 1.87. The molecular weight excluding hydrogens is 138 g/mol. The highest BCUT2D eigenvalue weighted by molar-refractivity contribution is 5.51. The number of rotatable bonds is 2. The SMILES string of the molecule is NCC=Cc1cccc(O)c1. The minimum absolute atomic E-state index is 0.282. The van der Waals surface area contributed by atoms with E-state index in [1.807, 2.05) is 18.2 Å². The van der Waals surface area contributed by atoms with E-state index in [2.05, 4.69) is 0 Å². The number of phenolic OH excluding ortho intramolecular Hbond substituents is 1. The second-order valence-corrected chi connectivity index (χ2v) is 2.23. The molecule has 0 radical (unpaired) electrons. The van der Waals surface area contributed by atoms with Crippen LogP contribution in [0.25, 0.3) is 6.08 Å². The van der Waals surface area contributed by atoms with Crippen molar-refractivity contribution in [3.05, 3.63) is 35.9 Å². The van der Waals surface area contributed by atoms with Crippen molar-refractivity contribution in [3.63, 3.8) is 0 Å². The van der Waals surface area contributed by atoms with Crippen LogP contribution in [-0.2, 0) is 0 Å². The molecule has 0 atom stereocenters. The van der Waals surface area contributed by atoms with Crippen LogP contribution in [-0.4, -0.2) is 11.7 Å². The van der Waals surface area contributed by atoms with Crippen molar-refractivity contribution < 1.29 is 5.11 Å². The minimum Gasteiger partial charge on any atom is -0.508 e. The van der Waals surface area contributed by atoms with E-state index in [-0.39, 0.29) is 5.75 Å². The Morgan fingerprint density at radius 3 is 2.91 bits per heavy atom. The van der Waals surface area contributed by atoms with Crippen molar-refractivity contribution in [2.75, 3.05) is 6.54 Å². The van der Waals surface area contributed by atoms with E-state index in [4.69, 9.17) is 10.8 Å². The van der Waals surface area contributed by atoms with Crippen molar-refractivity contribution in [2.24, 2.45) is 5.73 Å². The van der Waals surface area contributed by atoms with Gasteiger partial charge in [-0.05, 0) is 17.7 Å². The Kier molecular flexibility index (Phi) is 2.69. The van der Waals surface area contributed by atoms with Crippen molar-refractivity contribution in [3.8, 4) is 5.75 Å². The van der Waals surface area contributed by atoms with E-state index in [0.29, 0.717) is 6.54 Å². The van der Waals surface area contributed by atoms with Crippen LogP contribution in [0.1, 0.15) is 5.56 Å². The summed E-state index contributed by atoms with van der Waals surface area (Å²) >= 11 is 0. The summed E-state index contributed by atoms with van der Waals surface area (Å²) in [5.41, 5.74) is 6.23. The molecule has 0 amide bonds. The Labute approximate surface area is 66.0 Å². The second-order valence-electron chi connectivity index (χ2n) is 2.23. The maximum absolute atomic E-state index is 9.05. The highest BCUT2D eigenvalue weighted by atomic mass is 16.3. The minimum atomic E-state index is 0.282. The number of hydrogen-bond acceptors (Lipinski definition) is 2. The zero-order chi connectivity index (χ0) is 8.10. The largest absolute Gasteiger partial charge is 0.508 e. The summed E-state index contributed by atoms with van der Waals surface area (Å²) in [5, 5.41) is 9.05. The van der Waals surface area contributed by atoms with Crippen LogP contribution >= 0.6 is 0 Å². The van der Waals surface area contributed by atoms with E-state index in [1.165, 1.54) is 0 Å². The summed E-state index contributed by atoms with van der Waals surface area (Å²) in [6, 6.07) is 7.03. The molecular formula is C9H11NO. The van der Waals surface area contributed by atoms with Gasteiger partial charge in [-0.3, -0.25) is 0 Å². The monoisotopic (exact) mass is 149 g/mol. The van der Waals surface area contributed by atoms with E-state index >= 15 is 0 Å². The zero-order valence-corrected chi connectivity index (χ0v) is 6.20. The molecule has 2 nitrogen and oxygen atoms in total. The molecule has 0 aliphatic rings. The van der Waals surface area contributed by atoms with Gasteiger partial charge in [0.25, 0.3) is 0 Å². The van der Waals surface area contributed by atoms with Gasteiger partial charge in [-0.1, -0.05) is 24.3 Å². The molecule has 0 saturated heterocycles. The fourth-order valence-electron chi connectivity index (χ4n) is 0.833. The normalized spacial score (nSPS) is 10.6. The van der Waals surface area contributed by atoms with Crippen molar-refractivity contribution >= 4 is 6.08 Å². The molecule has 2 heteroatoms. The van der Waals surface area contributed by atoms with Crippen molar-refractivity contribution in [2.45, 2.75) is 0 Å². The van der Waals surface area contributed by atoms with Crippen LogP contribution in [0.3, 0.4) is 0 Å². The first-order valence-electron chi connectivity index (χ1n) is 3.48. The maximum Gasteiger partial charge on any atom is 0.116 e. The van der Waals surface area contributed by atoms with Crippen LogP contribution in [0.15, 0.2) is 30.3 Å². The Bertz CT molecular complexity index is 255. The number of hydrogen-bond donors (Lipinski definition) is 2. The topological polar surface area (TPSA) is 46.2 Å². The lowest BCUT2D eigenvalue weighted by Crippen LogP contribution is -1.91. The van der Waals surface area contributed by atoms with Gasteiger partial charge in [-0.15, -0.1) is 0 Å². The molecule has 1 aromatic carbocycles. The average Bonchev–Trinajstić information content (AvgIpc) is 2.01. The molecule has 1 rings (SSSR count). The van der Waals surface area contributed by atoms with Crippen LogP contribution in [0.2, 0.25) is 0 Å². The maximum atomic E-state index is 9.05. The van der Waals surface area contributed by atoms with Crippen LogP contribution in [0.5, 0.6) is 5.75 Å². The van der Waals surface area contributed by atoms with Crippen LogP contribution < -0.4 is 5.73 Å². The first-order chi connectivity index (χ1) is 5.33. The summed E-state index contributed by atoms with van der Waals surface area (Å²) in [7, 11) is 0. The fourth-order valence-corrected chi connectivity index (χ4v) is 0.833. The van der Waals surface area contributed by atoms with E-state index < -0.39 is 0 Å².